The summed E-state index contributed by atoms with van der Waals surface area (Å²) in [6, 6.07) is 18.0. The van der Waals surface area contributed by atoms with E-state index in [4.69, 9.17) is 0 Å². The van der Waals surface area contributed by atoms with E-state index < -0.39 is 0 Å². The molecule has 2 heterocycles. The number of hydrogen-bond acceptors (Lipinski definition) is 6. The molecule has 4 rings (SSSR count). The van der Waals surface area contributed by atoms with Crippen LogP contribution < -0.4 is 5.32 Å². The number of carbonyl (C=O) groups excluding carboxylic acids is 1. The van der Waals surface area contributed by atoms with Gasteiger partial charge in [-0.25, -0.2) is 4.98 Å². The maximum atomic E-state index is 12.4. The lowest BCUT2D eigenvalue weighted by molar-refractivity contribution is -0.113. The van der Waals surface area contributed by atoms with E-state index in [0.717, 1.165) is 28.3 Å². The molecular weight excluding hydrogens is 402 g/mol. The second kappa shape index (κ2) is 8.59. The number of rotatable bonds is 6. The Hall–Kier alpha value is -2.97. The van der Waals surface area contributed by atoms with Crippen LogP contribution in [-0.4, -0.2) is 31.4 Å². The van der Waals surface area contributed by atoms with Crippen LogP contribution in [0.15, 0.2) is 65.1 Å². The Morgan fingerprint density at radius 2 is 1.93 bits per heavy atom. The molecule has 0 saturated carbocycles. The highest BCUT2D eigenvalue weighted by molar-refractivity contribution is 7.99. The molecule has 0 spiro atoms. The van der Waals surface area contributed by atoms with Gasteiger partial charge in [-0.05, 0) is 31.5 Å². The van der Waals surface area contributed by atoms with Gasteiger partial charge in [0.05, 0.1) is 11.4 Å². The lowest BCUT2D eigenvalue weighted by atomic mass is 10.2. The third kappa shape index (κ3) is 4.55. The van der Waals surface area contributed by atoms with Gasteiger partial charge < -0.3 is 5.32 Å². The van der Waals surface area contributed by atoms with Crippen molar-refractivity contribution in [3.63, 3.8) is 0 Å². The van der Waals surface area contributed by atoms with E-state index in [1.807, 2.05) is 72.3 Å². The normalized spacial score (nSPS) is 10.8. The van der Waals surface area contributed by atoms with Crippen LogP contribution in [0.25, 0.3) is 16.9 Å². The van der Waals surface area contributed by atoms with Crippen LogP contribution in [0.1, 0.15) is 11.4 Å². The van der Waals surface area contributed by atoms with Gasteiger partial charge in [-0.1, -0.05) is 54.2 Å². The van der Waals surface area contributed by atoms with Crippen molar-refractivity contribution in [1.82, 2.24) is 19.7 Å². The van der Waals surface area contributed by atoms with E-state index in [2.05, 4.69) is 26.6 Å². The largest absolute Gasteiger partial charge is 0.301 e. The average molecular weight is 422 g/mol. The Labute approximate surface area is 177 Å². The summed E-state index contributed by atoms with van der Waals surface area (Å²) in [6.45, 7) is 3.95. The Balaban J connectivity index is 1.42. The first kappa shape index (κ1) is 19.4. The van der Waals surface area contributed by atoms with Gasteiger partial charge in [0.15, 0.2) is 10.3 Å². The molecule has 0 atom stereocenters. The fraction of sp³-hybridized carbons (Fsp3) is 0.143. The number of thiazole rings is 1. The van der Waals surface area contributed by atoms with E-state index in [1.165, 1.54) is 23.1 Å². The van der Waals surface area contributed by atoms with Gasteiger partial charge >= 0.3 is 0 Å². The molecule has 29 heavy (non-hydrogen) atoms. The van der Waals surface area contributed by atoms with Crippen LogP contribution in [0.3, 0.4) is 0 Å². The number of amides is 1. The molecule has 4 aromatic rings. The number of benzene rings is 2. The van der Waals surface area contributed by atoms with E-state index in [1.54, 1.807) is 0 Å². The molecule has 1 N–H and O–H groups in total. The second-order valence-electron chi connectivity index (χ2n) is 6.44. The summed E-state index contributed by atoms with van der Waals surface area (Å²) < 4.78 is 1.96. The standard InChI is InChI=1S/C21H19N5OS2/c1-14-7-6-10-17(11-14)26-15(2)24-25-21(26)29-13-19(27)23-20-22-18(12-28-20)16-8-4-3-5-9-16/h3-12H,13H2,1-2H3,(H,22,23,27). The summed E-state index contributed by atoms with van der Waals surface area (Å²) in [5.41, 5.74) is 4.03. The lowest BCUT2D eigenvalue weighted by Crippen LogP contribution is -2.14. The number of thioether (sulfide) groups is 1. The molecule has 0 unspecified atom stereocenters. The van der Waals surface area contributed by atoms with Gasteiger partial charge in [-0.2, -0.15) is 0 Å². The summed E-state index contributed by atoms with van der Waals surface area (Å²) in [5, 5.41) is 14.5. The first-order valence-electron chi connectivity index (χ1n) is 9.03. The minimum absolute atomic E-state index is 0.125. The summed E-state index contributed by atoms with van der Waals surface area (Å²) in [4.78, 5) is 16.9. The van der Waals surface area contributed by atoms with Crippen molar-refractivity contribution in [1.29, 1.82) is 0 Å². The van der Waals surface area contributed by atoms with Crippen LogP contribution in [0.5, 0.6) is 0 Å². The van der Waals surface area contributed by atoms with Gasteiger partial charge in [-0.15, -0.1) is 21.5 Å². The molecule has 0 saturated heterocycles. The average Bonchev–Trinajstić information content (AvgIpc) is 3.33. The van der Waals surface area contributed by atoms with Crippen molar-refractivity contribution in [2.45, 2.75) is 19.0 Å². The zero-order chi connectivity index (χ0) is 20.2. The highest BCUT2D eigenvalue weighted by atomic mass is 32.2. The third-order valence-electron chi connectivity index (χ3n) is 4.21. The molecule has 2 aromatic carbocycles. The van der Waals surface area contributed by atoms with Gasteiger partial charge in [0.1, 0.15) is 5.82 Å². The summed E-state index contributed by atoms with van der Waals surface area (Å²) in [6.07, 6.45) is 0. The van der Waals surface area contributed by atoms with Gasteiger partial charge in [0.25, 0.3) is 0 Å². The highest BCUT2D eigenvalue weighted by Crippen LogP contribution is 2.26. The van der Waals surface area contributed by atoms with Crippen molar-refractivity contribution < 1.29 is 4.79 Å². The van der Waals surface area contributed by atoms with Crippen molar-refractivity contribution >= 4 is 34.1 Å². The van der Waals surface area contributed by atoms with E-state index >= 15 is 0 Å². The topological polar surface area (TPSA) is 72.7 Å². The highest BCUT2D eigenvalue weighted by Gasteiger charge is 2.14. The van der Waals surface area contributed by atoms with Crippen molar-refractivity contribution in [2.75, 3.05) is 11.1 Å². The van der Waals surface area contributed by atoms with Gasteiger partial charge in [0, 0.05) is 16.6 Å². The molecule has 0 aliphatic rings. The molecule has 146 valence electrons. The van der Waals surface area contributed by atoms with E-state index in [9.17, 15) is 4.79 Å². The zero-order valence-corrected chi connectivity index (χ0v) is 17.6. The van der Waals surface area contributed by atoms with E-state index in [0.29, 0.717) is 10.3 Å². The molecule has 0 bridgehead atoms. The van der Waals surface area contributed by atoms with Crippen LogP contribution >= 0.6 is 23.1 Å². The third-order valence-corrected chi connectivity index (χ3v) is 5.89. The molecule has 0 fully saturated rings. The maximum absolute atomic E-state index is 12.4. The second-order valence-corrected chi connectivity index (χ2v) is 8.25. The smallest absolute Gasteiger partial charge is 0.236 e. The summed E-state index contributed by atoms with van der Waals surface area (Å²) in [5.74, 6) is 0.885. The SMILES string of the molecule is Cc1cccc(-n2c(C)nnc2SCC(=O)Nc2nc(-c3ccccc3)cs2)c1. The number of carbonyl (C=O) groups is 1. The van der Waals surface area contributed by atoms with Crippen LogP contribution in [0.2, 0.25) is 0 Å². The predicted octanol–water partition coefficient (Wildman–Crippen LogP) is 4.74. The van der Waals surface area contributed by atoms with Crippen molar-refractivity contribution in [2.24, 2.45) is 0 Å². The lowest BCUT2D eigenvalue weighted by Gasteiger charge is -2.09. The monoisotopic (exact) mass is 421 g/mol. The summed E-state index contributed by atoms with van der Waals surface area (Å²) in [7, 11) is 0. The van der Waals surface area contributed by atoms with Gasteiger partial charge in [0.2, 0.25) is 5.91 Å². The molecule has 0 aliphatic carbocycles. The Kier molecular flexibility index (Phi) is 5.73. The minimum atomic E-state index is -0.125. The first-order valence-corrected chi connectivity index (χ1v) is 10.9. The van der Waals surface area contributed by atoms with Crippen LogP contribution in [0.4, 0.5) is 5.13 Å². The van der Waals surface area contributed by atoms with E-state index in [-0.39, 0.29) is 11.7 Å². The quantitative estimate of drug-likeness (QED) is 0.455. The number of anilines is 1. The van der Waals surface area contributed by atoms with Crippen LogP contribution in [0, 0.1) is 13.8 Å². The molecule has 2 aromatic heterocycles. The number of aryl methyl sites for hydroxylation is 2. The molecule has 8 heteroatoms. The van der Waals surface area contributed by atoms with Crippen LogP contribution in [-0.2, 0) is 4.79 Å². The number of nitrogens with one attached hydrogen (secondary N) is 1. The summed E-state index contributed by atoms with van der Waals surface area (Å²) >= 11 is 2.77. The van der Waals surface area contributed by atoms with Crippen molar-refractivity contribution in [3.8, 4) is 16.9 Å². The molecule has 0 aliphatic heterocycles. The molecule has 6 nitrogen and oxygen atoms in total. The Morgan fingerprint density at radius 3 is 2.72 bits per heavy atom. The number of aromatic nitrogens is 4. The minimum Gasteiger partial charge on any atom is -0.301 e. The maximum Gasteiger partial charge on any atom is 0.236 e. The Bertz CT molecular complexity index is 1140. The van der Waals surface area contributed by atoms with Gasteiger partial charge in [-0.3, -0.25) is 9.36 Å². The molecular formula is C21H19N5OS2. The number of hydrogen-bond donors (Lipinski definition) is 1. The zero-order valence-electron chi connectivity index (χ0n) is 16.0. The first-order chi connectivity index (χ1) is 14.1. The van der Waals surface area contributed by atoms with Crippen molar-refractivity contribution in [3.05, 3.63) is 71.4 Å². The Morgan fingerprint density at radius 1 is 1.10 bits per heavy atom. The predicted molar refractivity (Wildman–Crippen MR) is 118 cm³/mol. The molecule has 0 radical (unpaired) electrons. The molecule has 1 amide bonds. The number of nitrogens with zero attached hydrogens (tertiary/aromatic N) is 4. The fourth-order valence-electron chi connectivity index (χ4n) is 2.86. The fourth-order valence-corrected chi connectivity index (χ4v) is 4.39.